The van der Waals surface area contributed by atoms with Crippen LogP contribution < -0.4 is 0 Å². The van der Waals surface area contributed by atoms with E-state index in [2.05, 4.69) is 68.4 Å². The summed E-state index contributed by atoms with van der Waals surface area (Å²) in [5, 5.41) is 8.45. The fraction of sp³-hybridized carbons (Fsp3) is 0.429. The van der Waals surface area contributed by atoms with Crippen molar-refractivity contribution in [2.75, 3.05) is 13.2 Å². The second-order valence-electron chi connectivity index (χ2n) is 7.40. The molecule has 4 rings (SSSR count). The van der Waals surface area contributed by atoms with Gasteiger partial charge < -0.3 is 4.74 Å². The predicted octanol–water partition coefficient (Wildman–Crippen LogP) is 4.22. The highest BCUT2D eigenvalue weighted by molar-refractivity contribution is 9.10. The molecule has 1 unspecified atom stereocenters. The monoisotopic (exact) mass is 428 g/mol. The van der Waals surface area contributed by atoms with E-state index in [1.54, 1.807) is 0 Å². The van der Waals surface area contributed by atoms with Crippen molar-refractivity contribution in [1.29, 1.82) is 0 Å². The van der Waals surface area contributed by atoms with Crippen molar-refractivity contribution >= 4 is 27.0 Å². The largest absolute Gasteiger partial charge is 0.377 e. The second kappa shape index (κ2) is 8.09. The lowest BCUT2D eigenvalue weighted by Crippen LogP contribution is -2.31. The summed E-state index contributed by atoms with van der Waals surface area (Å²) in [5.41, 5.74) is 5.87. The average Bonchev–Trinajstić information content (AvgIpc) is 3.28. The lowest BCUT2D eigenvalue weighted by atomic mass is 10.1. The number of aromatic nitrogens is 3. The van der Waals surface area contributed by atoms with Gasteiger partial charge >= 0.3 is 0 Å². The molecule has 0 saturated carbocycles. The lowest BCUT2D eigenvalue weighted by Gasteiger charge is -2.26. The van der Waals surface area contributed by atoms with Gasteiger partial charge in [0.1, 0.15) is 5.52 Å². The van der Waals surface area contributed by atoms with Crippen molar-refractivity contribution in [2.45, 2.75) is 39.0 Å². The molecule has 1 atom stereocenters. The van der Waals surface area contributed by atoms with Gasteiger partial charge in [-0.2, -0.15) is 0 Å². The van der Waals surface area contributed by atoms with Gasteiger partial charge in [0.2, 0.25) is 0 Å². The van der Waals surface area contributed by atoms with E-state index in [0.717, 1.165) is 50.1 Å². The molecule has 2 heterocycles. The average molecular weight is 429 g/mol. The molecule has 5 nitrogen and oxygen atoms in total. The first kappa shape index (κ1) is 18.6. The summed E-state index contributed by atoms with van der Waals surface area (Å²) < 4.78 is 8.96. The maximum absolute atomic E-state index is 5.92. The summed E-state index contributed by atoms with van der Waals surface area (Å²) >= 11 is 3.74. The minimum absolute atomic E-state index is 0.318. The first-order chi connectivity index (χ1) is 13.1. The van der Waals surface area contributed by atoms with Gasteiger partial charge in [-0.15, -0.1) is 5.10 Å². The molecule has 0 radical (unpaired) electrons. The van der Waals surface area contributed by atoms with Crippen LogP contribution in [0, 0.1) is 6.92 Å². The molecule has 6 heteroatoms. The third-order valence-electron chi connectivity index (χ3n) is 5.19. The Morgan fingerprint density at radius 3 is 2.85 bits per heavy atom. The summed E-state index contributed by atoms with van der Waals surface area (Å²) in [6.07, 6.45) is 2.62. The minimum Gasteiger partial charge on any atom is -0.377 e. The molecule has 3 aromatic rings. The molecule has 1 fully saturated rings. The van der Waals surface area contributed by atoms with Gasteiger partial charge in [-0.1, -0.05) is 45.4 Å². The van der Waals surface area contributed by atoms with Gasteiger partial charge in [0.05, 0.1) is 11.6 Å². The number of aryl methyl sites for hydroxylation is 2. The van der Waals surface area contributed by atoms with Crippen molar-refractivity contribution in [2.24, 2.45) is 7.05 Å². The Kier molecular flexibility index (Phi) is 5.57. The summed E-state index contributed by atoms with van der Waals surface area (Å²) in [5.74, 6) is 0. The Bertz CT molecular complexity index is 933. The SMILES string of the molecule is Cc1ccc(CN(Cc2cccc3nnn(C)c23)CC2CCCO2)c(Br)c1. The molecular weight excluding hydrogens is 404 g/mol. The summed E-state index contributed by atoms with van der Waals surface area (Å²) in [6.45, 7) is 5.66. The van der Waals surface area contributed by atoms with Crippen molar-refractivity contribution in [3.8, 4) is 0 Å². The molecule has 1 aliphatic rings. The van der Waals surface area contributed by atoms with Crippen molar-refractivity contribution in [3.63, 3.8) is 0 Å². The molecule has 1 aromatic heterocycles. The standard InChI is InChI=1S/C21H25BrN4O/c1-15-8-9-16(19(22)11-15)12-26(14-18-6-4-10-27-18)13-17-5-3-7-20-21(17)25(2)24-23-20/h3,5,7-9,11,18H,4,6,10,12-14H2,1-2H3. The number of para-hydroxylation sites is 1. The van der Waals surface area contributed by atoms with E-state index in [4.69, 9.17) is 4.74 Å². The van der Waals surface area contributed by atoms with E-state index in [1.807, 2.05) is 17.8 Å². The minimum atomic E-state index is 0.318. The Morgan fingerprint density at radius 1 is 1.22 bits per heavy atom. The molecule has 27 heavy (non-hydrogen) atoms. The number of benzene rings is 2. The van der Waals surface area contributed by atoms with E-state index in [9.17, 15) is 0 Å². The van der Waals surface area contributed by atoms with Crippen molar-refractivity contribution in [1.82, 2.24) is 19.9 Å². The van der Waals surface area contributed by atoms with E-state index >= 15 is 0 Å². The zero-order valence-corrected chi connectivity index (χ0v) is 17.4. The molecule has 1 aliphatic heterocycles. The highest BCUT2D eigenvalue weighted by Gasteiger charge is 2.21. The summed E-state index contributed by atoms with van der Waals surface area (Å²) in [4.78, 5) is 2.48. The van der Waals surface area contributed by atoms with Gasteiger partial charge in [-0.3, -0.25) is 4.90 Å². The van der Waals surface area contributed by atoms with Gasteiger partial charge in [0, 0.05) is 37.8 Å². The van der Waals surface area contributed by atoms with E-state index in [0.29, 0.717) is 6.10 Å². The van der Waals surface area contributed by atoms with Crippen LogP contribution in [0.15, 0.2) is 40.9 Å². The highest BCUT2D eigenvalue weighted by atomic mass is 79.9. The third-order valence-corrected chi connectivity index (χ3v) is 5.93. The molecule has 142 valence electrons. The number of halogens is 1. The van der Waals surface area contributed by atoms with Crippen LogP contribution in [-0.4, -0.2) is 39.1 Å². The van der Waals surface area contributed by atoms with Crippen molar-refractivity contribution < 1.29 is 4.74 Å². The molecule has 2 aromatic carbocycles. The number of rotatable bonds is 6. The summed E-state index contributed by atoms with van der Waals surface area (Å²) in [7, 11) is 1.96. The number of ether oxygens (including phenoxy) is 1. The number of nitrogens with zero attached hydrogens (tertiary/aromatic N) is 4. The van der Waals surface area contributed by atoms with Crippen LogP contribution in [0.25, 0.3) is 11.0 Å². The smallest absolute Gasteiger partial charge is 0.113 e. The van der Waals surface area contributed by atoms with Crippen LogP contribution >= 0.6 is 15.9 Å². The number of hydrogen-bond donors (Lipinski definition) is 0. The van der Waals surface area contributed by atoms with Gasteiger partial charge in [-0.05, 0) is 48.6 Å². The molecular formula is C21H25BrN4O. The van der Waals surface area contributed by atoms with E-state index < -0.39 is 0 Å². The first-order valence-electron chi connectivity index (χ1n) is 9.46. The predicted molar refractivity (Wildman–Crippen MR) is 110 cm³/mol. The Morgan fingerprint density at radius 2 is 2.07 bits per heavy atom. The molecule has 0 bridgehead atoms. The van der Waals surface area contributed by atoms with Crippen LogP contribution in [0.1, 0.15) is 29.5 Å². The third kappa shape index (κ3) is 4.23. The fourth-order valence-corrected chi connectivity index (χ4v) is 4.46. The lowest BCUT2D eigenvalue weighted by molar-refractivity contribution is 0.0679. The van der Waals surface area contributed by atoms with Crippen LogP contribution in [0.3, 0.4) is 0 Å². The van der Waals surface area contributed by atoms with E-state index in [1.165, 1.54) is 21.2 Å². The van der Waals surface area contributed by atoms with Gasteiger partial charge in [-0.25, -0.2) is 4.68 Å². The van der Waals surface area contributed by atoms with Crippen molar-refractivity contribution in [3.05, 3.63) is 57.6 Å². The van der Waals surface area contributed by atoms with Crippen LogP contribution in [-0.2, 0) is 24.9 Å². The Balaban J connectivity index is 1.61. The van der Waals surface area contributed by atoms with Gasteiger partial charge in [0.25, 0.3) is 0 Å². The topological polar surface area (TPSA) is 43.2 Å². The Labute approximate surface area is 168 Å². The zero-order valence-electron chi connectivity index (χ0n) is 15.9. The first-order valence-corrected chi connectivity index (χ1v) is 10.3. The van der Waals surface area contributed by atoms with Crippen LogP contribution in [0.4, 0.5) is 0 Å². The van der Waals surface area contributed by atoms with Crippen LogP contribution in [0.5, 0.6) is 0 Å². The molecule has 0 aliphatic carbocycles. The number of fused-ring (bicyclic) bond motifs is 1. The van der Waals surface area contributed by atoms with Gasteiger partial charge in [0.15, 0.2) is 0 Å². The molecule has 0 amide bonds. The zero-order chi connectivity index (χ0) is 18.8. The fourth-order valence-electron chi connectivity index (χ4n) is 3.84. The molecule has 1 saturated heterocycles. The normalized spacial score (nSPS) is 17.3. The van der Waals surface area contributed by atoms with E-state index in [-0.39, 0.29) is 0 Å². The maximum atomic E-state index is 5.92. The number of hydrogen-bond acceptors (Lipinski definition) is 4. The summed E-state index contributed by atoms with van der Waals surface area (Å²) in [6, 6.07) is 12.8. The highest BCUT2D eigenvalue weighted by Crippen LogP contribution is 2.24. The maximum Gasteiger partial charge on any atom is 0.113 e. The second-order valence-corrected chi connectivity index (χ2v) is 8.25. The molecule has 0 spiro atoms. The molecule has 0 N–H and O–H groups in total. The Hall–Kier alpha value is -1.76. The van der Waals surface area contributed by atoms with Crippen LogP contribution in [0.2, 0.25) is 0 Å². The quantitative estimate of drug-likeness (QED) is 0.589.